The Kier molecular flexibility index (Phi) is 6.03. The zero-order valence-electron chi connectivity index (χ0n) is 9.83. The number of carbonyl (C=O) groups excluding carboxylic acids is 2. The molecule has 0 spiro atoms. The Hall–Kier alpha value is -2.30. The van der Waals surface area contributed by atoms with Crippen molar-refractivity contribution in [1.29, 1.82) is 0 Å². The maximum absolute atomic E-state index is 10.7. The highest BCUT2D eigenvalue weighted by atomic mass is 16.7. The van der Waals surface area contributed by atoms with E-state index in [0.717, 1.165) is 11.6 Å². The summed E-state index contributed by atoms with van der Waals surface area (Å²) in [5, 5.41) is 0. The van der Waals surface area contributed by atoms with Gasteiger partial charge in [0, 0.05) is 12.5 Å². The number of benzene rings is 1. The second-order valence-electron chi connectivity index (χ2n) is 3.29. The second-order valence-corrected chi connectivity index (χ2v) is 3.29. The van der Waals surface area contributed by atoms with Crippen LogP contribution in [-0.4, -0.2) is 25.8 Å². The van der Waals surface area contributed by atoms with Crippen LogP contribution in [0.5, 0.6) is 5.75 Å². The molecule has 0 saturated heterocycles. The summed E-state index contributed by atoms with van der Waals surface area (Å²) >= 11 is 0. The van der Waals surface area contributed by atoms with Crippen LogP contribution in [0, 0.1) is 0 Å². The lowest BCUT2D eigenvalue weighted by Crippen LogP contribution is -2.07. The van der Waals surface area contributed by atoms with Gasteiger partial charge in [-0.25, -0.2) is 4.79 Å². The summed E-state index contributed by atoms with van der Waals surface area (Å²) in [6, 6.07) is 7.19. The second kappa shape index (κ2) is 7.89. The van der Waals surface area contributed by atoms with Crippen molar-refractivity contribution in [2.45, 2.75) is 6.42 Å². The van der Waals surface area contributed by atoms with E-state index in [1.165, 1.54) is 0 Å². The molecule has 1 aromatic carbocycles. The molecule has 0 aromatic heterocycles. The minimum absolute atomic E-state index is 0.154. The van der Waals surface area contributed by atoms with Gasteiger partial charge >= 0.3 is 5.97 Å². The lowest BCUT2D eigenvalue weighted by Gasteiger charge is -2.06. The van der Waals surface area contributed by atoms with Gasteiger partial charge in [-0.1, -0.05) is 18.7 Å². The van der Waals surface area contributed by atoms with Gasteiger partial charge in [0.05, 0.1) is 6.61 Å². The van der Waals surface area contributed by atoms with E-state index in [2.05, 4.69) is 16.1 Å². The summed E-state index contributed by atoms with van der Waals surface area (Å²) < 4.78 is 14.4. The first-order valence-electron chi connectivity index (χ1n) is 5.32. The molecule has 0 saturated carbocycles. The maximum atomic E-state index is 10.7. The Labute approximate surface area is 105 Å². The van der Waals surface area contributed by atoms with Crippen molar-refractivity contribution in [2.24, 2.45) is 0 Å². The molecule has 0 aliphatic heterocycles. The van der Waals surface area contributed by atoms with Crippen molar-refractivity contribution in [3.8, 4) is 5.75 Å². The number of carbonyl (C=O) groups is 2. The molecule has 96 valence electrons. The van der Waals surface area contributed by atoms with Gasteiger partial charge in [-0.05, 0) is 17.7 Å². The summed E-state index contributed by atoms with van der Waals surface area (Å²) in [4.78, 5) is 20.7. The van der Waals surface area contributed by atoms with E-state index in [9.17, 15) is 9.59 Å². The summed E-state index contributed by atoms with van der Waals surface area (Å²) in [6.07, 6.45) is 1.71. The molecule has 1 aromatic rings. The first-order valence-corrected chi connectivity index (χ1v) is 5.32. The molecule has 0 unspecified atom stereocenters. The average Bonchev–Trinajstić information content (AvgIpc) is 2.40. The summed E-state index contributed by atoms with van der Waals surface area (Å²) in [7, 11) is 0. The fourth-order valence-corrected chi connectivity index (χ4v) is 1.19. The van der Waals surface area contributed by atoms with Gasteiger partial charge in [0.15, 0.2) is 0 Å². The first-order chi connectivity index (χ1) is 8.76. The lowest BCUT2D eigenvalue weighted by atomic mass is 10.1. The van der Waals surface area contributed by atoms with E-state index in [4.69, 9.17) is 4.74 Å². The molecule has 0 bridgehead atoms. The normalized spacial score (nSPS) is 9.33. The third kappa shape index (κ3) is 5.16. The van der Waals surface area contributed by atoms with Crippen LogP contribution in [0.2, 0.25) is 0 Å². The zero-order chi connectivity index (χ0) is 13.2. The summed E-state index contributed by atoms with van der Waals surface area (Å²) in [6.45, 7) is 3.88. The smallest absolute Gasteiger partial charge is 0.333 e. The van der Waals surface area contributed by atoms with Crippen LogP contribution in [0.15, 0.2) is 36.9 Å². The number of ether oxygens (including phenoxy) is 3. The highest BCUT2D eigenvalue weighted by molar-refractivity contribution is 5.81. The van der Waals surface area contributed by atoms with Gasteiger partial charge in [-0.2, -0.15) is 0 Å². The monoisotopic (exact) mass is 250 g/mol. The first kappa shape index (κ1) is 13.8. The van der Waals surface area contributed by atoms with Gasteiger partial charge < -0.3 is 14.2 Å². The molecule has 0 fully saturated rings. The number of rotatable bonds is 8. The molecule has 1 rings (SSSR count). The van der Waals surface area contributed by atoms with Crippen molar-refractivity contribution in [1.82, 2.24) is 0 Å². The van der Waals surface area contributed by atoms with Crippen LogP contribution in [-0.2, 0) is 25.5 Å². The average molecular weight is 250 g/mol. The Morgan fingerprint density at radius 2 is 2.00 bits per heavy atom. The minimum atomic E-state index is -0.530. The largest absolute Gasteiger partial charge is 0.468 e. The van der Waals surface area contributed by atoms with Crippen LogP contribution < -0.4 is 4.74 Å². The maximum Gasteiger partial charge on any atom is 0.333 e. The van der Waals surface area contributed by atoms with Crippen molar-refractivity contribution < 1.29 is 23.8 Å². The molecule has 0 amide bonds. The number of esters is 1. The predicted molar refractivity (Wildman–Crippen MR) is 63.9 cm³/mol. The van der Waals surface area contributed by atoms with Gasteiger partial charge in [0.25, 0.3) is 6.47 Å². The lowest BCUT2D eigenvalue weighted by molar-refractivity contribution is -0.144. The molecule has 0 aliphatic carbocycles. The Morgan fingerprint density at radius 3 is 2.61 bits per heavy atom. The van der Waals surface area contributed by atoms with E-state index in [1.54, 1.807) is 12.1 Å². The van der Waals surface area contributed by atoms with Gasteiger partial charge in [-0.3, -0.25) is 4.79 Å². The zero-order valence-corrected chi connectivity index (χ0v) is 9.83. The minimum Gasteiger partial charge on any atom is -0.468 e. The topological polar surface area (TPSA) is 61.8 Å². The van der Waals surface area contributed by atoms with Gasteiger partial charge in [0.2, 0.25) is 6.79 Å². The summed E-state index contributed by atoms with van der Waals surface area (Å²) in [5.41, 5.74) is 1.02. The van der Waals surface area contributed by atoms with Crippen molar-refractivity contribution in [3.05, 3.63) is 42.5 Å². The van der Waals surface area contributed by atoms with E-state index in [0.29, 0.717) is 25.2 Å². The molecule has 0 atom stereocenters. The Bertz CT molecular complexity index is 396. The van der Waals surface area contributed by atoms with Crippen LogP contribution >= 0.6 is 0 Å². The van der Waals surface area contributed by atoms with E-state index < -0.39 is 5.97 Å². The molecule has 0 radical (unpaired) electrons. The van der Waals surface area contributed by atoms with Gasteiger partial charge in [-0.15, -0.1) is 0 Å². The number of hydrogen-bond donors (Lipinski definition) is 0. The van der Waals surface area contributed by atoms with E-state index in [-0.39, 0.29) is 6.79 Å². The predicted octanol–water partition coefficient (Wildman–Crippen LogP) is 1.47. The fourth-order valence-electron chi connectivity index (χ4n) is 1.19. The molecule has 18 heavy (non-hydrogen) atoms. The highest BCUT2D eigenvalue weighted by Gasteiger charge is 1.98. The molecular formula is C13H14O5. The van der Waals surface area contributed by atoms with Crippen molar-refractivity contribution in [2.75, 3.05) is 13.4 Å². The van der Waals surface area contributed by atoms with Crippen LogP contribution in [0.25, 0.3) is 0 Å². The Morgan fingerprint density at radius 1 is 1.28 bits per heavy atom. The summed E-state index contributed by atoms with van der Waals surface area (Å²) in [5.74, 6) is 0.0598. The molecular weight excluding hydrogens is 236 g/mol. The Balaban J connectivity index is 2.33. The standard InChI is InChI=1S/C13H14O5/c1-2-13(15)18-10-17-12-5-3-11(4-6-12)7-8-16-9-14/h2-6,9H,1,7-8,10H2. The number of hydrogen-bond acceptors (Lipinski definition) is 5. The molecule has 0 heterocycles. The van der Waals surface area contributed by atoms with Crippen molar-refractivity contribution in [3.63, 3.8) is 0 Å². The third-order valence-corrected chi connectivity index (χ3v) is 2.09. The van der Waals surface area contributed by atoms with Crippen LogP contribution in [0.1, 0.15) is 5.56 Å². The quantitative estimate of drug-likeness (QED) is 0.230. The molecule has 0 aliphatic rings. The van der Waals surface area contributed by atoms with E-state index >= 15 is 0 Å². The van der Waals surface area contributed by atoms with Crippen LogP contribution in [0.3, 0.4) is 0 Å². The van der Waals surface area contributed by atoms with E-state index in [1.807, 2.05) is 12.1 Å². The van der Waals surface area contributed by atoms with Gasteiger partial charge in [0.1, 0.15) is 5.75 Å². The fraction of sp³-hybridized carbons (Fsp3) is 0.231. The molecule has 5 nitrogen and oxygen atoms in total. The third-order valence-electron chi connectivity index (χ3n) is 2.09. The highest BCUT2D eigenvalue weighted by Crippen LogP contribution is 2.12. The van der Waals surface area contributed by atoms with Crippen molar-refractivity contribution >= 4 is 12.4 Å². The molecule has 5 heteroatoms. The molecule has 0 N–H and O–H groups in total. The van der Waals surface area contributed by atoms with Crippen LogP contribution in [0.4, 0.5) is 0 Å². The SMILES string of the molecule is C=CC(=O)OCOc1ccc(CCOC=O)cc1.